The van der Waals surface area contributed by atoms with Crippen LogP contribution in [0.4, 0.5) is 13.2 Å². The van der Waals surface area contributed by atoms with E-state index in [9.17, 15) is 18.0 Å². The molecule has 2 rings (SSSR count). The van der Waals surface area contributed by atoms with E-state index in [1.54, 1.807) is 4.90 Å². The fourth-order valence-electron chi connectivity index (χ4n) is 2.76. The zero-order chi connectivity index (χ0) is 14.9. The molecule has 0 saturated carbocycles. The Morgan fingerprint density at radius 2 is 2.00 bits per heavy atom. The van der Waals surface area contributed by atoms with Crippen molar-refractivity contribution in [3.63, 3.8) is 0 Å². The molecule has 116 valence electrons. The maximum Gasteiger partial charge on any atom is 0.393 e. The number of rotatable bonds is 1. The zero-order valence-corrected chi connectivity index (χ0v) is 11.7. The van der Waals surface area contributed by atoms with Gasteiger partial charge in [0.1, 0.15) is 0 Å². The van der Waals surface area contributed by atoms with Gasteiger partial charge < -0.3 is 15.0 Å². The molecule has 4 nitrogen and oxygen atoms in total. The minimum absolute atomic E-state index is 0.0151. The van der Waals surface area contributed by atoms with Crippen molar-refractivity contribution < 1.29 is 22.7 Å². The summed E-state index contributed by atoms with van der Waals surface area (Å²) in [5.74, 6) is -1.44. The van der Waals surface area contributed by atoms with Crippen molar-refractivity contribution in [1.82, 2.24) is 10.2 Å². The van der Waals surface area contributed by atoms with Crippen molar-refractivity contribution in [2.75, 3.05) is 19.7 Å². The molecule has 2 saturated heterocycles. The molecule has 0 bridgehead atoms. The first-order valence-electron chi connectivity index (χ1n) is 7.01. The monoisotopic (exact) mass is 294 g/mol. The van der Waals surface area contributed by atoms with Crippen molar-refractivity contribution in [1.29, 1.82) is 0 Å². The van der Waals surface area contributed by atoms with E-state index in [-0.39, 0.29) is 37.4 Å². The predicted molar refractivity (Wildman–Crippen MR) is 67.2 cm³/mol. The average molecular weight is 294 g/mol. The van der Waals surface area contributed by atoms with Gasteiger partial charge in [0.25, 0.3) is 0 Å². The third-order valence-corrected chi connectivity index (χ3v) is 4.07. The highest BCUT2D eigenvalue weighted by Crippen LogP contribution is 2.32. The molecule has 1 N–H and O–H groups in total. The van der Waals surface area contributed by atoms with E-state index in [2.05, 4.69) is 5.32 Å². The van der Waals surface area contributed by atoms with Gasteiger partial charge in [0, 0.05) is 13.1 Å². The van der Waals surface area contributed by atoms with Crippen molar-refractivity contribution in [2.45, 2.75) is 51.1 Å². The molecule has 1 amide bonds. The first kappa shape index (κ1) is 15.6. The van der Waals surface area contributed by atoms with Crippen LogP contribution >= 0.6 is 0 Å². The molecular weight excluding hydrogens is 273 g/mol. The van der Waals surface area contributed by atoms with Crippen LogP contribution in [-0.2, 0) is 9.53 Å². The molecule has 0 aliphatic carbocycles. The number of hydrogen-bond donors (Lipinski definition) is 1. The molecule has 0 aromatic carbocycles. The van der Waals surface area contributed by atoms with Crippen LogP contribution < -0.4 is 5.32 Å². The highest BCUT2D eigenvalue weighted by Gasteiger charge is 2.43. The van der Waals surface area contributed by atoms with E-state index in [1.807, 2.05) is 13.8 Å². The summed E-state index contributed by atoms with van der Waals surface area (Å²) in [5.41, 5.74) is 0. The van der Waals surface area contributed by atoms with Crippen LogP contribution in [0.15, 0.2) is 0 Å². The predicted octanol–water partition coefficient (Wildman–Crippen LogP) is 1.55. The summed E-state index contributed by atoms with van der Waals surface area (Å²) in [5, 5.41) is 2.76. The topological polar surface area (TPSA) is 41.6 Å². The Hall–Kier alpha value is -0.820. The first-order chi connectivity index (χ1) is 9.29. The van der Waals surface area contributed by atoms with Gasteiger partial charge in [-0.3, -0.25) is 4.79 Å². The van der Waals surface area contributed by atoms with E-state index in [4.69, 9.17) is 4.74 Å². The molecule has 2 heterocycles. The van der Waals surface area contributed by atoms with Crippen LogP contribution in [0.1, 0.15) is 26.7 Å². The summed E-state index contributed by atoms with van der Waals surface area (Å²) < 4.78 is 43.2. The SMILES string of the molecule is CC1CN(C(=O)C2CCC(C(F)(F)F)CN2)C(C)CO1. The molecule has 4 atom stereocenters. The molecule has 0 aromatic rings. The van der Waals surface area contributed by atoms with Crippen molar-refractivity contribution in [3.8, 4) is 0 Å². The Labute approximate surface area is 116 Å². The number of morpholine rings is 1. The van der Waals surface area contributed by atoms with E-state index in [0.717, 1.165) is 0 Å². The lowest BCUT2D eigenvalue weighted by atomic mass is 9.93. The quantitative estimate of drug-likeness (QED) is 0.798. The number of ether oxygens (including phenoxy) is 1. The number of piperidine rings is 1. The molecule has 4 unspecified atom stereocenters. The van der Waals surface area contributed by atoms with E-state index in [1.165, 1.54) is 0 Å². The highest BCUT2D eigenvalue weighted by molar-refractivity contribution is 5.82. The maximum absolute atomic E-state index is 12.6. The van der Waals surface area contributed by atoms with E-state index in [0.29, 0.717) is 13.2 Å². The second-order valence-corrected chi connectivity index (χ2v) is 5.76. The molecule has 0 radical (unpaired) electrons. The number of carbonyl (C=O) groups is 1. The fourth-order valence-corrected chi connectivity index (χ4v) is 2.76. The molecular formula is C13H21F3N2O2. The average Bonchev–Trinajstić information content (AvgIpc) is 2.40. The number of nitrogens with one attached hydrogen (secondary N) is 1. The fraction of sp³-hybridized carbons (Fsp3) is 0.923. The molecule has 2 fully saturated rings. The van der Waals surface area contributed by atoms with E-state index >= 15 is 0 Å². The smallest absolute Gasteiger partial charge is 0.375 e. The molecule has 2 aliphatic heterocycles. The van der Waals surface area contributed by atoms with Crippen LogP contribution in [0.5, 0.6) is 0 Å². The number of nitrogens with zero attached hydrogens (tertiary/aromatic N) is 1. The van der Waals surface area contributed by atoms with Crippen molar-refractivity contribution >= 4 is 5.91 Å². The molecule has 7 heteroatoms. The first-order valence-corrected chi connectivity index (χ1v) is 7.01. The van der Waals surface area contributed by atoms with Crippen molar-refractivity contribution in [3.05, 3.63) is 0 Å². The van der Waals surface area contributed by atoms with Gasteiger partial charge in [0.05, 0.1) is 30.7 Å². The number of halogens is 3. The standard InChI is InChI=1S/C13H21F3N2O2/c1-8-7-20-9(2)6-18(8)12(19)11-4-3-10(5-17-11)13(14,15)16/h8-11,17H,3-7H2,1-2H3. The minimum Gasteiger partial charge on any atom is -0.375 e. The lowest BCUT2D eigenvalue weighted by Crippen LogP contribution is -2.58. The Balaban J connectivity index is 1.91. The summed E-state index contributed by atoms with van der Waals surface area (Å²) in [6.45, 7) is 4.59. The van der Waals surface area contributed by atoms with Crippen molar-refractivity contribution in [2.24, 2.45) is 5.92 Å². The minimum atomic E-state index is -4.18. The van der Waals surface area contributed by atoms with Crippen LogP contribution in [0.25, 0.3) is 0 Å². The van der Waals surface area contributed by atoms with Gasteiger partial charge in [-0.05, 0) is 26.7 Å². The summed E-state index contributed by atoms with van der Waals surface area (Å²) in [7, 11) is 0. The third kappa shape index (κ3) is 3.44. The Morgan fingerprint density at radius 3 is 2.55 bits per heavy atom. The van der Waals surface area contributed by atoms with Gasteiger partial charge in [-0.2, -0.15) is 13.2 Å². The summed E-state index contributed by atoms with van der Waals surface area (Å²) in [6, 6.07) is -0.526. The van der Waals surface area contributed by atoms with Gasteiger partial charge in [-0.25, -0.2) is 0 Å². The number of amides is 1. The summed E-state index contributed by atoms with van der Waals surface area (Å²) >= 11 is 0. The lowest BCUT2D eigenvalue weighted by Gasteiger charge is -2.40. The van der Waals surface area contributed by atoms with Crippen LogP contribution in [0.2, 0.25) is 0 Å². The molecule has 20 heavy (non-hydrogen) atoms. The Kier molecular flexibility index (Phi) is 4.59. The number of carbonyl (C=O) groups excluding carboxylic acids is 1. The molecule has 2 aliphatic rings. The highest BCUT2D eigenvalue weighted by atomic mass is 19.4. The second kappa shape index (κ2) is 5.89. The zero-order valence-electron chi connectivity index (χ0n) is 11.7. The summed E-state index contributed by atoms with van der Waals surface area (Å²) in [6.07, 6.45) is -3.95. The van der Waals surface area contributed by atoms with Gasteiger partial charge in [0.2, 0.25) is 5.91 Å². The van der Waals surface area contributed by atoms with Gasteiger partial charge in [-0.15, -0.1) is 0 Å². The number of hydrogen-bond acceptors (Lipinski definition) is 3. The van der Waals surface area contributed by atoms with Gasteiger partial charge >= 0.3 is 6.18 Å². The van der Waals surface area contributed by atoms with Crippen LogP contribution in [0.3, 0.4) is 0 Å². The Bertz CT molecular complexity index is 354. The van der Waals surface area contributed by atoms with Crippen LogP contribution in [-0.4, -0.2) is 54.9 Å². The van der Waals surface area contributed by atoms with Gasteiger partial charge in [-0.1, -0.05) is 0 Å². The number of alkyl halides is 3. The van der Waals surface area contributed by atoms with Crippen LogP contribution in [0, 0.1) is 5.92 Å². The maximum atomic E-state index is 12.6. The molecule has 0 spiro atoms. The largest absolute Gasteiger partial charge is 0.393 e. The normalized spacial score (nSPS) is 36.0. The second-order valence-electron chi connectivity index (χ2n) is 5.76. The van der Waals surface area contributed by atoms with E-state index < -0.39 is 18.1 Å². The van der Waals surface area contributed by atoms with Gasteiger partial charge in [0.15, 0.2) is 0 Å². The molecule has 0 aromatic heterocycles. The summed E-state index contributed by atoms with van der Waals surface area (Å²) in [4.78, 5) is 14.1. The third-order valence-electron chi connectivity index (χ3n) is 4.07. The lowest BCUT2D eigenvalue weighted by molar-refractivity contribution is -0.181. The Morgan fingerprint density at radius 1 is 1.30 bits per heavy atom.